The number of aromatic hydroxyl groups is 1. The Hall–Kier alpha value is -7.18. The zero-order chi connectivity index (χ0) is 55.8. The fourth-order valence-corrected chi connectivity index (χ4v) is 11.0. The van der Waals surface area contributed by atoms with Crippen molar-refractivity contribution in [2.24, 2.45) is 23.1 Å². The highest BCUT2D eigenvalue weighted by atomic mass is 33.1. The molecule has 77 heavy (non-hydrogen) atoms. The zero-order valence-electron chi connectivity index (χ0n) is 43.1. The van der Waals surface area contributed by atoms with Crippen molar-refractivity contribution in [1.82, 2.24) is 42.2 Å². The van der Waals surface area contributed by atoms with Crippen LogP contribution in [0.5, 0.6) is 5.75 Å². The molecule has 412 valence electrons. The van der Waals surface area contributed by atoms with Crippen molar-refractivity contribution in [1.29, 1.82) is 0 Å². The maximum Gasteiger partial charge on any atom is 0.244 e. The third kappa shape index (κ3) is 16.9. The van der Waals surface area contributed by atoms with Gasteiger partial charge in [0.25, 0.3) is 0 Å². The number of aliphatic hydroxyl groups excluding tert-OH is 1. The average Bonchev–Trinajstić information content (AvgIpc) is 3.81. The molecule has 23 heteroatoms. The number of rotatable bonds is 17. The third-order valence-electron chi connectivity index (χ3n) is 13.1. The van der Waals surface area contributed by atoms with Gasteiger partial charge in [0, 0.05) is 41.4 Å². The van der Waals surface area contributed by atoms with Crippen LogP contribution in [0.3, 0.4) is 0 Å². The van der Waals surface area contributed by atoms with E-state index in [0.29, 0.717) is 24.0 Å². The van der Waals surface area contributed by atoms with Gasteiger partial charge >= 0.3 is 0 Å². The van der Waals surface area contributed by atoms with Gasteiger partial charge in [0.1, 0.15) is 48.0 Å². The van der Waals surface area contributed by atoms with Crippen LogP contribution in [0.4, 0.5) is 0 Å². The lowest BCUT2D eigenvalue weighted by atomic mass is 10.00. The van der Waals surface area contributed by atoms with Crippen molar-refractivity contribution < 1.29 is 48.6 Å². The number of phenolic OH excluding ortho intramolecular Hbond substituents is 1. The van der Waals surface area contributed by atoms with Crippen molar-refractivity contribution in [3.63, 3.8) is 0 Å². The molecule has 5 aromatic rings. The summed E-state index contributed by atoms with van der Waals surface area (Å²) in [5.74, 6) is -7.66. The Kier molecular flexibility index (Phi) is 21.7. The van der Waals surface area contributed by atoms with Gasteiger partial charge in [-0.25, -0.2) is 0 Å². The Labute approximate surface area is 453 Å². The number of para-hydroxylation sites is 1. The van der Waals surface area contributed by atoms with Crippen LogP contribution < -0.4 is 54.4 Å². The predicted octanol–water partition coefficient (Wildman–Crippen LogP) is 0.822. The number of aromatic nitrogens is 1. The number of phenols is 1. The normalized spacial score (nSPS) is 21.6. The molecule has 8 amide bonds. The van der Waals surface area contributed by atoms with Crippen molar-refractivity contribution in [2.75, 3.05) is 18.1 Å². The summed E-state index contributed by atoms with van der Waals surface area (Å²) in [5, 5.41) is 42.1. The standard InChI is InChI=1S/C54H69N11O10S2/c1-29(2)45-54(75)63-44(53(74)65-46(30(3)66)47(57)68)28-77-76-27-43(62-48(69)38(56)23-32-15-18-33-10-4-5-11-34(33)22-32)52(73)60-41(24-31-16-19-36(67)20-17-31)50(71)61-42(25-35-26-58-39-13-7-6-12-37(35)39)51(72)59-40(49(70)64-45)14-8-9-21-55/h4-7,10-13,15-20,22,26,29-30,38,40-46,58,66-67H,8-9,14,21,23-25,27-28,55-56H2,1-3H3,(H2,57,68)(H,59,72)(H,60,73)(H,61,71)(H,62,69)(H,63,75)(H,64,70)(H,65,74)/t30?,38?,40-,41-,42+,43+,44+,45-,46?/m0/s1. The van der Waals surface area contributed by atoms with E-state index >= 15 is 0 Å². The maximum atomic E-state index is 14.9. The molecule has 1 aliphatic rings. The van der Waals surface area contributed by atoms with Crippen LogP contribution in [0.1, 0.15) is 56.7 Å². The number of carbonyl (C=O) groups is 8. The van der Waals surface area contributed by atoms with Crippen LogP contribution in [0, 0.1) is 5.92 Å². The van der Waals surface area contributed by atoms with Gasteiger partial charge in [-0.3, -0.25) is 38.4 Å². The van der Waals surface area contributed by atoms with Crippen molar-refractivity contribution in [3.05, 3.63) is 114 Å². The van der Waals surface area contributed by atoms with Gasteiger partial charge in [-0.05, 0) is 90.7 Å². The second-order valence-electron chi connectivity index (χ2n) is 19.4. The van der Waals surface area contributed by atoms with Gasteiger partial charge in [0.15, 0.2) is 0 Å². The van der Waals surface area contributed by atoms with Crippen molar-refractivity contribution in [3.8, 4) is 5.75 Å². The van der Waals surface area contributed by atoms with E-state index in [9.17, 15) is 48.6 Å². The number of aliphatic hydroxyl groups is 1. The highest BCUT2D eigenvalue weighted by Crippen LogP contribution is 2.25. The molecule has 21 nitrogen and oxygen atoms in total. The van der Waals surface area contributed by atoms with Gasteiger partial charge in [-0.2, -0.15) is 0 Å². The van der Waals surface area contributed by atoms with Gasteiger partial charge in [0.2, 0.25) is 47.3 Å². The molecule has 0 spiro atoms. The van der Waals surface area contributed by atoms with Crippen LogP contribution in [-0.4, -0.2) is 135 Å². The van der Waals surface area contributed by atoms with E-state index < -0.39 is 108 Å². The second-order valence-corrected chi connectivity index (χ2v) is 22.0. The van der Waals surface area contributed by atoms with Crippen LogP contribution in [0.25, 0.3) is 21.7 Å². The van der Waals surface area contributed by atoms with E-state index in [2.05, 4.69) is 42.2 Å². The van der Waals surface area contributed by atoms with E-state index in [1.54, 1.807) is 32.2 Å². The first-order valence-corrected chi connectivity index (χ1v) is 27.9. The summed E-state index contributed by atoms with van der Waals surface area (Å²) in [6.07, 6.45) is 1.05. The molecule has 9 atom stereocenters. The Balaban J connectivity index is 1.39. The lowest BCUT2D eigenvalue weighted by molar-refractivity contribution is -0.136. The summed E-state index contributed by atoms with van der Waals surface area (Å²) in [6, 6.07) is 15.8. The molecule has 0 aliphatic carbocycles. The lowest BCUT2D eigenvalue weighted by Gasteiger charge is -2.29. The number of fused-ring (bicyclic) bond motifs is 2. The summed E-state index contributed by atoms with van der Waals surface area (Å²) in [4.78, 5) is 116. The van der Waals surface area contributed by atoms with Gasteiger partial charge < -0.3 is 69.6 Å². The smallest absolute Gasteiger partial charge is 0.244 e. The lowest BCUT2D eigenvalue weighted by Crippen LogP contribution is -2.62. The molecule has 4 aromatic carbocycles. The Morgan fingerprint density at radius 2 is 1.34 bits per heavy atom. The number of amides is 8. The van der Waals surface area contributed by atoms with Gasteiger partial charge in [-0.1, -0.05) is 108 Å². The Morgan fingerprint density at radius 1 is 0.714 bits per heavy atom. The number of carbonyl (C=O) groups excluding carboxylic acids is 8. The molecule has 16 N–H and O–H groups in total. The number of hydrogen-bond acceptors (Lipinski definition) is 14. The number of benzene rings is 4. The van der Waals surface area contributed by atoms with Crippen LogP contribution in [-0.2, 0) is 57.6 Å². The highest BCUT2D eigenvalue weighted by Gasteiger charge is 2.36. The molecule has 1 fully saturated rings. The minimum absolute atomic E-state index is 0.0501. The van der Waals surface area contributed by atoms with E-state index in [1.165, 1.54) is 19.1 Å². The minimum Gasteiger partial charge on any atom is -0.508 e. The molecule has 6 rings (SSSR count). The maximum absolute atomic E-state index is 14.9. The molecule has 3 unspecified atom stereocenters. The fourth-order valence-electron chi connectivity index (χ4n) is 8.71. The molecule has 0 saturated carbocycles. The highest BCUT2D eigenvalue weighted by molar-refractivity contribution is 8.76. The molecule has 0 bridgehead atoms. The molecular weight excluding hydrogens is 1030 g/mol. The number of unbranched alkanes of at least 4 members (excludes halogenated alkanes) is 1. The average molecular weight is 1100 g/mol. The third-order valence-corrected chi connectivity index (χ3v) is 15.5. The molecule has 1 aliphatic heterocycles. The van der Waals surface area contributed by atoms with E-state index in [-0.39, 0.29) is 49.5 Å². The topological polar surface area (TPSA) is 355 Å². The molecule has 0 radical (unpaired) electrons. The molecule has 1 aromatic heterocycles. The van der Waals surface area contributed by atoms with Gasteiger partial charge in [0.05, 0.1) is 12.1 Å². The number of primary amides is 1. The predicted molar refractivity (Wildman–Crippen MR) is 296 cm³/mol. The van der Waals surface area contributed by atoms with E-state index in [0.717, 1.165) is 48.8 Å². The number of nitrogens with one attached hydrogen (secondary N) is 8. The molecule has 2 heterocycles. The molecular formula is C54H69N11O10S2. The fraction of sp³-hybridized carbons (Fsp3) is 0.407. The number of hydrogen-bond donors (Lipinski definition) is 13. The Bertz CT molecular complexity index is 2890. The van der Waals surface area contributed by atoms with Gasteiger partial charge in [-0.15, -0.1) is 0 Å². The zero-order valence-corrected chi connectivity index (χ0v) is 44.7. The first-order chi connectivity index (χ1) is 36.8. The summed E-state index contributed by atoms with van der Waals surface area (Å²) in [5.41, 5.74) is 20.5. The minimum atomic E-state index is -1.55. The van der Waals surface area contributed by atoms with E-state index in [4.69, 9.17) is 17.2 Å². The summed E-state index contributed by atoms with van der Waals surface area (Å²) < 4.78 is 0. The summed E-state index contributed by atoms with van der Waals surface area (Å²) >= 11 is 0. The first kappa shape index (κ1) is 59.1. The van der Waals surface area contributed by atoms with Crippen LogP contribution in [0.15, 0.2) is 97.2 Å². The summed E-state index contributed by atoms with van der Waals surface area (Å²) in [7, 11) is 2.03. The quantitative estimate of drug-likeness (QED) is 0.0453. The second kappa shape index (κ2) is 28.3. The molecule has 1 saturated heterocycles. The largest absolute Gasteiger partial charge is 0.508 e. The first-order valence-electron chi connectivity index (χ1n) is 25.4. The monoisotopic (exact) mass is 1100 g/mol. The van der Waals surface area contributed by atoms with Crippen LogP contribution >= 0.6 is 21.6 Å². The Morgan fingerprint density at radius 3 is 2.03 bits per heavy atom. The van der Waals surface area contributed by atoms with Crippen LogP contribution in [0.2, 0.25) is 0 Å². The summed E-state index contributed by atoms with van der Waals surface area (Å²) in [6.45, 7) is 4.85. The van der Waals surface area contributed by atoms with E-state index in [1.807, 2.05) is 66.7 Å². The van der Waals surface area contributed by atoms with Crippen molar-refractivity contribution in [2.45, 2.75) is 114 Å². The SMILES string of the molecule is CC(O)C(NC(=O)[C@H]1CSSC[C@@H](NC(=O)C(N)Cc2ccc3ccccc3c2)C(=O)N[C@@H](Cc2ccc(O)cc2)C(=O)N[C@H](Cc2c[nH]c3ccccc23)C(=O)N[C@@H](CCCCN)C(=O)N[C@@H](C(C)C)C(=O)N1)C(N)=O. The number of H-pyrrole nitrogens is 1. The van der Waals surface area contributed by atoms with Crippen molar-refractivity contribution >= 4 is 90.5 Å². The number of nitrogens with two attached hydrogens (primary N) is 3. The number of aromatic amines is 1.